The Labute approximate surface area is 148 Å². The van der Waals surface area contributed by atoms with Crippen LogP contribution in [0.15, 0.2) is 47.8 Å². The summed E-state index contributed by atoms with van der Waals surface area (Å²) < 4.78 is 11.7. The number of hydrogen-bond acceptors (Lipinski definition) is 8. The molecule has 1 N–H and O–H groups in total. The third-order valence-corrected chi connectivity index (χ3v) is 3.68. The van der Waals surface area contributed by atoms with E-state index in [0.29, 0.717) is 6.54 Å². The molecule has 0 fully saturated rings. The predicted octanol–water partition coefficient (Wildman–Crippen LogP) is 2.42. The lowest BCUT2D eigenvalue weighted by Crippen LogP contribution is -2.17. The predicted molar refractivity (Wildman–Crippen MR) is 89.8 cm³/mol. The Morgan fingerprint density at radius 3 is 3.04 bits per heavy atom. The molecule has 12 heteroatoms. The summed E-state index contributed by atoms with van der Waals surface area (Å²) in [6.07, 6.45) is 0. The summed E-state index contributed by atoms with van der Waals surface area (Å²) in [5.74, 6) is -0.181. The third-order valence-electron chi connectivity index (χ3n) is 3.18. The van der Waals surface area contributed by atoms with Crippen LogP contribution in [0.25, 0.3) is 22.0 Å². The molecule has 0 aliphatic carbocycles. The van der Waals surface area contributed by atoms with Crippen LogP contribution >= 0.6 is 15.9 Å². The van der Waals surface area contributed by atoms with Crippen molar-refractivity contribution in [3.8, 4) is 11.5 Å². The van der Waals surface area contributed by atoms with Gasteiger partial charge in [0.15, 0.2) is 5.69 Å². The van der Waals surface area contributed by atoms with Crippen LogP contribution in [-0.2, 0) is 6.54 Å². The Morgan fingerprint density at radius 2 is 2.24 bits per heavy atom. The van der Waals surface area contributed by atoms with Crippen molar-refractivity contribution in [2.75, 3.05) is 18.4 Å². The normalized spacial score (nSPS) is 10.4. The lowest BCUT2D eigenvalue weighted by molar-refractivity contribution is 0.309. The number of aromatic nitrogens is 4. The van der Waals surface area contributed by atoms with Crippen LogP contribution in [0.2, 0.25) is 0 Å². The molecule has 25 heavy (non-hydrogen) atoms. The Kier molecular flexibility index (Phi) is 5.11. The van der Waals surface area contributed by atoms with E-state index in [1.807, 2.05) is 24.3 Å². The first-order valence-corrected chi connectivity index (χ1v) is 7.87. The highest BCUT2D eigenvalue weighted by molar-refractivity contribution is 9.10. The summed E-state index contributed by atoms with van der Waals surface area (Å²) >= 11 is 3.39. The second-order valence-corrected chi connectivity index (χ2v) is 5.75. The van der Waals surface area contributed by atoms with Crippen LogP contribution in [0.3, 0.4) is 0 Å². The van der Waals surface area contributed by atoms with Gasteiger partial charge in [-0.15, -0.1) is 0 Å². The molecule has 11 nitrogen and oxygen atoms in total. The fraction of sp³-hybridized carbons (Fsp3) is 0.231. The molecule has 3 aromatic rings. The molecule has 0 bridgehead atoms. The number of nitrogens with zero attached hydrogens (tertiary/aromatic N) is 7. The van der Waals surface area contributed by atoms with Crippen LogP contribution in [0.4, 0.5) is 5.82 Å². The zero-order chi connectivity index (χ0) is 17.6. The van der Waals surface area contributed by atoms with E-state index in [4.69, 9.17) is 14.7 Å². The van der Waals surface area contributed by atoms with E-state index < -0.39 is 5.76 Å². The van der Waals surface area contributed by atoms with E-state index >= 15 is 0 Å². The topological polar surface area (TPSA) is 148 Å². The summed E-state index contributed by atoms with van der Waals surface area (Å²) in [5.41, 5.74) is 9.37. The smallest absolute Gasteiger partial charge is 0.365 e. The first-order valence-electron chi connectivity index (χ1n) is 7.07. The van der Waals surface area contributed by atoms with E-state index in [1.165, 1.54) is 4.57 Å². The average molecular weight is 407 g/mol. The van der Waals surface area contributed by atoms with Gasteiger partial charge in [0, 0.05) is 22.5 Å². The van der Waals surface area contributed by atoms with Crippen molar-refractivity contribution in [1.82, 2.24) is 20.0 Å². The summed E-state index contributed by atoms with van der Waals surface area (Å²) in [7, 11) is 0. The Bertz CT molecular complexity index is 972. The number of hydrogen-bond donors (Lipinski definition) is 1. The van der Waals surface area contributed by atoms with Crippen molar-refractivity contribution >= 4 is 21.7 Å². The SMILES string of the molecule is [N-]=[N+]=NCCNc1nonc1-c1noc(=O)n1Cc1cccc(Br)c1. The number of benzene rings is 1. The minimum Gasteiger partial charge on any atom is -0.365 e. The van der Waals surface area contributed by atoms with Gasteiger partial charge >= 0.3 is 5.76 Å². The first kappa shape index (κ1) is 16.7. The van der Waals surface area contributed by atoms with Crippen molar-refractivity contribution < 1.29 is 9.15 Å². The highest BCUT2D eigenvalue weighted by Gasteiger charge is 2.21. The van der Waals surface area contributed by atoms with Gasteiger partial charge in [-0.05, 0) is 33.5 Å². The molecule has 0 radical (unpaired) electrons. The fourth-order valence-electron chi connectivity index (χ4n) is 2.12. The van der Waals surface area contributed by atoms with Crippen LogP contribution in [-0.4, -0.2) is 33.1 Å². The molecule has 0 amide bonds. The molecule has 0 unspecified atom stereocenters. The Balaban J connectivity index is 1.88. The maximum Gasteiger partial charge on any atom is 0.442 e. The fourth-order valence-corrected chi connectivity index (χ4v) is 2.56. The summed E-state index contributed by atoms with van der Waals surface area (Å²) in [5, 5.41) is 17.6. The van der Waals surface area contributed by atoms with Gasteiger partial charge in [0.2, 0.25) is 11.6 Å². The van der Waals surface area contributed by atoms with E-state index in [9.17, 15) is 4.79 Å². The molecule has 1 aromatic carbocycles. The molecule has 2 aromatic heterocycles. The second-order valence-electron chi connectivity index (χ2n) is 4.83. The highest BCUT2D eigenvalue weighted by atomic mass is 79.9. The van der Waals surface area contributed by atoms with Crippen molar-refractivity contribution in [3.05, 3.63) is 55.3 Å². The van der Waals surface area contributed by atoms with Gasteiger partial charge in [0.05, 0.1) is 6.54 Å². The van der Waals surface area contributed by atoms with Crippen molar-refractivity contribution in [1.29, 1.82) is 0 Å². The first-order chi connectivity index (χ1) is 12.2. The van der Waals surface area contributed by atoms with Crippen LogP contribution in [0.1, 0.15) is 5.56 Å². The van der Waals surface area contributed by atoms with Gasteiger partial charge in [-0.2, -0.15) is 0 Å². The molecule has 0 aliphatic heterocycles. The summed E-state index contributed by atoms with van der Waals surface area (Å²) in [4.78, 5) is 14.7. The standard InChI is InChI=1S/C13H11BrN8O3/c14-9-3-1-2-8(6-9)7-22-12(20-24-13(22)23)10-11(19-25-18-10)16-4-5-17-21-15/h1-3,6H,4-5,7H2,(H,16,19). The van der Waals surface area contributed by atoms with Crippen molar-refractivity contribution in [2.45, 2.75) is 6.54 Å². The van der Waals surface area contributed by atoms with Gasteiger partial charge < -0.3 is 5.32 Å². The molecule has 0 aliphatic rings. The van der Waals surface area contributed by atoms with Gasteiger partial charge in [0.1, 0.15) is 0 Å². The molecule has 128 valence electrons. The number of rotatable bonds is 7. The number of azide groups is 1. The molecule has 3 rings (SSSR count). The lowest BCUT2D eigenvalue weighted by atomic mass is 10.2. The zero-order valence-corrected chi connectivity index (χ0v) is 14.2. The average Bonchev–Trinajstić information content (AvgIpc) is 3.19. The van der Waals surface area contributed by atoms with E-state index in [2.05, 4.69) is 46.7 Å². The van der Waals surface area contributed by atoms with Gasteiger partial charge in [-0.3, -0.25) is 9.09 Å². The molecular formula is C13H11BrN8O3. The van der Waals surface area contributed by atoms with Crippen LogP contribution in [0, 0.1) is 0 Å². The summed E-state index contributed by atoms with van der Waals surface area (Å²) in [6.45, 7) is 0.771. The molecule has 0 atom stereocenters. The molecule has 0 saturated carbocycles. The van der Waals surface area contributed by atoms with Gasteiger partial charge in [-0.25, -0.2) is 9.42 Å². The minimum atomic E-state index is -0.627. The van der Waals surface area contributed by atoms with Crippen LogP contribution in [0.5, 0.6) is 0 Å². The quantitative estimate of drug-likeness (QED) is 0.274. The maximum absolute atomic E-state index is 12.0. The highest BCUT2D eigenvalue weighted by Crippen LogP contribution is 2.22. The van der Waals surface area contributed by atoms with Crippen LogP contribution < -0.4 is 11.1 Å². The Morgan fingerprint density at radius 1 is 1.36 bits per heavy atom. The van der Waals surface area contributed by atoms with Crippen molar-refractivity contribution in [2.24, 2.45) is 5.11 Å². The largest absolute Gasteiger partial charge is 0.442 e. The number of anilines is 1. The van der Waals surface area contributed by atoms with E-state index in [1.54, 1.807) is 0 Å². The number of nitrogens with one attached hydrogen (secondary N) is 1. The van der Waals surface area contributed by atoms with Gasteiger partial charge in [-0.1, -0.05) is 38.3 Å². The minimum absolute atomic E-state index is 0.178. The summed E-state index contributed by atoms with van der Waals surface area (Å²) in [6, 6.07) is 7.49. The zero-order valence-electron chi connectivity index (χ0n) is 12.7. The van der Waals surface area contributed by atoms with E-state index in [-0.39, 0.29) is 30.4 Å². The number of halogens is 1. The second kappa shape index (κ2) is 7.64. The molecular weight excluding hydrogens is 396 g/mol. The lowest BCUT2D eigenvalue weighted by Gasteiger charge is -2.05. The third kappa shape index (κ3) is 3.87. The molecule has 0 saturated heterocycles. The van der Waals surface area contributed by atoms with E-state index in [0.717, 1.165) is 10.0 Å². The Hall–Kier alpha value is -3.11. The molecule has 2 heterocycles. The van der Waals surface area contributed by atoms with Crippen molar-refractivity contribution in [3.63, 3.8) is 0 Å². The van der Waals surface area contributed by atoms with Gasteiger partial charge in [0.25, 0.3) is 0 Å². The maximum atomic E-state index is 12.0. The monoisotopic (exact) mass is 406 g/mol. The molecule has 0 spiro atoms.